The highest BCUT2D eigenvalue weighted by Gasteiger charge is 2.13. The quantitative estimate of drug-likeness (QED) is 0.866. The van der Waals surface area contributed by atoms with Gasteiger partial charge in [-0.15, -0.1) is 0 Å². The smallest absolute Gasteiger partial charge is 0.331 e. The number of nitrogens with zero attached hydrogens (tertiary/aromatic N) is 2. The number of hydrogen-bond acceptors (Lipinski definition) is 3. The van der Waals surface area contributed by atoms with Crippen molar-refractivity contribution in [3.63, 3.8) is 0 Å². The molecule has 6 heteroatoms. The van der Waals surface area contributed by atoms with Crippen LogP contribution in [0.15, 0.2) is 23.8 Å². The summed E-state index contributed by atoms with van der Waals surface area (Å²) >= 11 is 6.17. The van der Waals surface area contributed by atoms with Gasteiger partial charge in [-0.05, 0) is 44.5 Å². The average Bonchev–Trinajstić information content (AvgIpc) is 2.68. The third kappa shape index (κ3) is 3.31. The number of ether oxygens (including phenoxy) is 1. The first kappa shape index (κ1) is 16.1. The monoisotopic (exact) mass is 320 g/mol. The highest BCUT2D eigenvalue weighted by molar-refractivity contribution is 6.32. The Kier molecular flexibility index (Phi) is 4.56. The summed E-state index contributed by atoms with van der Waals surface area (Å²) in [5.74, 6) is 0.103. The lowest BCUT2D eigenvalue weighted by Gasteiger charge is -2.09. The molecule has 0 aliphatic heterocycles. The third-order valence-electron chi connectivity index (χ3n) is 3.34. The number of benzene rings is 1. The highest BCUT2D eigenvalue weighted by atomic mass is 35.5. The molecule has 22 heavy (non-hydrogen) atoms. The van der Waals surface area contributed by atoms with Crippen molar-refractivity contribution in [2.24, 2.45) is 7.05 Å². The minimum atomic E-state index is -0.962. The summed E-state index contributed by atoms with van der Waals surface area (Å²) in [4.78, 5) is 10.9. The van der Waals surface area contributed by atoms with Gasteiger partial charge >= 0.3 is 5.97 Å². The molecule has 1 aromatic heterocycles. The molecular weight excluding hydrogens is 304 g/mol. The van der Waals surface area contributed by atoms with Gasteiger partial charge in [0.2, 0.25) is 5.88 Å². The van der Waals surface area contributed by atoms with Gasteiger partial charge in [0.05, 0.1) is 10.7 Å². The third-order valence-corrected chi connectivity index (χ3v) is 3.65. The molecule has 0 saturated carbocycles. The molecule has 0 aliphatic carbocycles. The summed E-state index contributed by atoms with van der Waals surface area (Å²) < 4.78 is 7.51. The minimum absolute atomic E-state index is 0.237. The first-order chi connectivity index (χ1) is 10.3. The van der Waals surface area contributed by atoms with Crippen molar-refractivity contribution in [2.75, 3.05) is 0 Å². The van der Waals surface area contributed by atoms with E-state index in [1.807, 2.05) is 13.8 Å². The molecule has 5 nitrogen and oxygen atoms in total. The Morgan fingerprint density at radius 1 is 1.41 bits per heavy atom. The van der Waals surface area contributed by atoms with Crippen LogP contribution in [0.4, 0.5) is 0 Å². The molecule has 0 aliphatic rings. The average molecular weight is 321 g/mol. The van der Waals surface area contributed by atoms with Crippen LogP contribution >= 0.6 is 11.6 Å². The molecule has 1 aromatic carbocycles. The topological polar surface area (TPSA) is 64.4 Å². The van der Waals surface area contributed by atoms with Gasteiger partial charge in [-0.2, -0.15) is 5.10 Å². The van der Waals surface area contributed by atoms with Gasteiger partial charge in [-0.3, -0.25) is 0 Å². The van der Waals surface area contributed by atoms with Crippen LogP contribution in [-0.2, 0) is 11.8 Å². The lowest BCUT2D eigenvalue weighted by molar-refractivity contribution is -0.132. The molecule has 1 N–H and O–H groups in total. The summed E-state index contributed by atoms with van der Waals surface area (Å²) in [6, 6.07) is 5.12. The Bertz CT molecular complexity index is 763. The standard InChI is InChI=1S/C16H17ClN2O3/c1-9(16(20)21)7-12-5-6-13(17)14(8-12)22-15-10(2)11(3)18-19(15)4/h5-8H,1-4H3,(H,20,21). The zero-order valence-electron chi connectivity index (χ0n) is 12.8. The number of aliphatic carboxylic acids is 1. The van der Waals surface area contributed by atoms with Crippen LogP contribution < -0.4 is 4.74 Å². The van der Waals surface area contributed by atoms with Gasteiger partial charge in [0.25, 0.3) is 0 Å². The first-order valence-corrected chi connectivity index (χ1v) is 7.06. The number of carboxylic acid groups (broad SMARTS) is 1. The van der Waals surface area contributed by atoms with E-state index in [-0.39, 0.29) is 5.57 Å². The lowest BCUT2D eigenvalue weighted by Crippen LogP contribution is -1.97. The molecule has 0 spiro atoms. The van der Waals surface area contributed by atoms with Crippen LogP contribution in [0, 0.1) is 13.8 Å². The molecule has 0 unspecified atom stereocenters. The van der Waals surface area contributed by atoms with E-state index in [0.717, 1.165) is 11.3 Å². The van der Waals surface area contributed by atoms with Crippen LogP contribution in [0.25, 0.3) is 6.08 Å². The Morgan fingerprint density at radius 3 is 2.64 bits per heavy atom. The van der Waals surface area contributed by atoms with E-state index >= 15 is 0 Å². The number of aromatic nitrogens is 2. The van der Waals surface area contributed by atoms with Crippen molar-refractivity contribution in [1.29, 1.82) is 0 Å². The van der Waals surface area contributed by atoms with Crippen LogP contribution in [0.2, 0.25) is 5.02 Å². The largest absolute Gasteiger partial charge is 0.478 e. The van der Waals surface area contributed by atoms with Crippen molar-refractivity contribution >= 4 is 23.6 Å². The van der Waals surface area contributed by atoms with Crippen LogP contribution in [0.3, 0.4) is 0 Å². The summed E-state index contributed by atoms with van der Waals surface area (Å²) in [5.41, 5.74) is 2.75. The fraction of sp³-hybridized carbons (Fsp3) is 0.250. The number of halogens is 1. The maximum atomic E-state index is 10.9. The SMILES string of the molecule is CC(=Cc1ccc(Cl)c(Oc2c(C)c(C)nn2C)c1)C(=O)O. The zero-order valence-corrected chi connectivity index (χ0v) is 13.6. The van der Waals surface area contributed by atoms with Gasteiger partial charge in [0.15, 0.2) is 0 Å². The van der Waals surface area contributed by atoms with E-state index in [9.17, 15) is 4.79 Å². The number of carboxylic acids is 1. The van der Waals surface area contributed by atoms with E-state index in [1.165, 1.54) is 6.92 Å². The van der Waals surface area contributed by atoms with Crippen molar-refractivity contribution in [2.45, 2.75) is 20.8 Å². The summed E-state index contributed by atoms with van der Waals surface area (Å²) in [6.07, 6.45) is 1.56. The fourth-order valence-electron chi connectivity index (χ4n) is 1.99. The zero-order chi connectivity index (χ0) is 16.4. The molecule has 2 aromatic rings. The second-order valence-electron chi connectivity index (χ2n) is 5.06. The second kappa shape index (κ2) is 6.23. The second-order valence-corrected chi connectivity index (χ2v) is 5.47. The Balaban J connectivity index is 2.39. The Hall–Kier alpha value is -2.27. The molecule has 0 saturated heterocycles. The number of hydrogen-bond donors (Lipinski definition) is 1. The molecular formula is C16H17ClN2O3. The predicted octanol–water partition coefficient (Wildman–Crippen LogP) is 3.97. The molecule has 0 fully saturated rings. The maximum absolute atomic E-state index is 10.9. The molecule has 0 bridgehead atoms. The molecule has 2 rings (SSSR count). The highest BCUT2D eigenvalue weighted by Crippen LogP contribution is 2.33. The van der Waals surface area contributed by atoms with E-state index in [0.29, 0.717) is 22.2 Å². The van der Waals surface area contributed by atoms with Crippen molar-refractivity contribution in [3.8, 4) is 11.6 Å². The predicted molar refractivity (Wildman–Crippen MR) is 85.5 cm³/mol. The summed E-state index contributed by atoms with van der Waals surface area (Å²) in [5, 5.41) is 13.7. The fourth-order valence-corrected chi connectivity index (χ4v) is 2.15. The van der Waals surface area contributed by atoms with Gasteiger partial charge < -0.3 is 9.84 Å². The van der Waals surface area contributed by atoms with Crippen LogP contribution in [0.5, 0.6) is 11.6 Å². The molecule has 0 radical (unpaired) electrons. The van der Waals surface area contributed by atoms with Gasteiger partial charge in [0, 0.05) is 18.2 Å². The molecule has 0 atom stereocenters. The van der Waals surface area contributed by atoms with E-state index in [4.69, 9.17) is 21.4 Å². The Labute approximate surface area is 133 Å². The van der Waals surface area contributed by atoms with E-state index in [2.05, 4.69) is 5.10 Å². The van der Waals surface area contributed by atoms with Crippen molar-refractivity contribution in [1.82, 2.24) is 9.78 Å². The Morgan fingerprint density at radius 2 is 2.09 bits per heavy atom. The summed E-state index contributed by atoms with van der Waals surface area (Å²) in [7, 11) is 1.79. The first-order valence-electron chi connectivity index (χ1n) is 6.68. The summed E-state index contributed by atoms with van der Waals surface area (Å²) in [6.45, 7) is 5.36. The maximum Gasteiger partial charge on any atom is 0.331 e. The lowest BCUT2D eigenvalue weighted by atomic mass is 10.1. The van der Waals surface area contributed by atoms with Crippen LogP contribution in [-0.4, -0.2) is 20.9 Å². The van der Waals surface area contributed by atoms with E-state index in [1.54, 1.807) is 36.0 Å². The number of rotatable bonds is 4. The van der Waals surface area contributed by atoms with Gasteiger partial charge in [-0.25, -0.2) is 9.48 Å². The van der Waals surface area contributed by atoms with E-state index < -0.39 is 5.97 Å². The minimum Gasteiger partial charge on any atom is -0.478 e. The molecule has 1 heterocycles. The van der Waals surface area contributed by atoms with Crippen molar-refractivity contribution in [3.05, 3.63) is 45.6 Å². The number of carbonyl (C=O) groups is 1. The number of aryl methyl sites for hydroxylation is 2. The van der Waals surface area contributed by atoms with Gasteiger partial charge in [0.1, 0.15) is 5.75 Å². The molecule has 0 amide bonds. The van der Waals surface area contributed by atoms with Gasteiger partial charge in [-0.1, -0.05) is 17.7 Å². The van der Waals surface area contributed by atoms with Crippen LogP contribution in [0.1, 0.15) is 23.7 Å². The molecule has 116 valence electrons. The normalized spacial score (nSPS) is 11.6. The van der Waals surface area contributed by atoms with Crippen molar-refractivity contribution < 1.29 is 14.6 Å².